The number of ether oxygens (including phenoxy) is 1. The lowest BCUT2D eigenvalue weighted by atomic mass is 9.99. The number of anilines is 1. The van der Waals surface area contributed by atoms with Crippen molar-refractivity contribution in [2.45, 2.75) is 31.9 Å². The Morgan fingerprint density at radius 1 is 1.11 bits per heavy atom. The molecular formula is C26H27ClN6O2. The van der Waals surface area contributed by atoms with E-state index in [-0.39, 0.29) is 12.0 Å². The minimum Gasteiger partial charge on any atom is -0.380 e. The van der Waals surface area contributed by atoms with E-state index in [9.17, 15) is 4.79 Å². The first-order chi connectivity index (χ1) is 16.9. The Hall–Kier alpha value is -3.49. The molecule has 3 aromatic heterocycles. The van der Waals surface area contributed by atoms with Crippen LogP contribution in [0.1, 0.15) is 36.3 Å². The molecule has 1 fully saturated rings. The molecule has 0 saturated carbocycles. The topological polar surface area (TPSA) is 84.6 Å². The van der Waals surface area contributed by atoms with Crippen molar-refractivity contribution < 1.29 is 9.53 Å². The summed E-state index contributed by atoms with van der Waals surface area (Å²) >= 11 is 6.56. The molecule has 1 aliphatic heterocycles. The highest BCUT2D eigenvalue weighted by atomic mass is 35.5. The van der Waals surface area contributed by atoms with Gasteiger partial charge in [0.05, 0.1) is 23.5 Å². The number of carbonyl (C=O) groups is 1. The fraction of sp³-hybridized carbons (Fsp3) is 0.308. The second-order valence-corrected chi connectivity index (χ2v) is 9.56. The van der Waals surface area contributed by atoms with Gasteiger partial charge in [-0.3, -0.25) is 9.78 Å². The van der Waals surface area contributed by atoms with Gasteiger partial charge in [-0.05, 0) is 38.5 Å². The standard InChI is InChI=1S/C26H27ClN6O2/c1-26(2,22-10-6-7-12-28-22)31-24(34)20-15-30-33-23(20)29-14-19(18-8-4-5-9-21(18)27)25(33)32-13-11-17(16-32)35-3/h4-10,12,14-15,17H,11,13,16H2,1-3H3,(H,31,34). The van der Waals surface area contributed by atoms with Crippen LogP contribution < -0.4 is 10.2 Å². The monoisotopic (exact) mass is 490 g/mol. The molecule has 180 valence electrons. The number of methoxy groups -OCH3 is 1. The lowest BCUT2D eigenvalue weighted by Crippen LogP contribution is -2.41. The van der Waals surface area contributed by atoms with Crippen molar-refractivity contribution in [1.29, 1.82) is 0 Å². The van der Waals surface area contributed by atoms with Gasteiger partial charge in [-0.2, -0.15) is 9.61 Å². The van der Waals surface area contributed by atoms with Gasteiger partial charge >= 0.3 is 0 Å². The molecule has 1 N–H and O–H groups in total. The van der Waals surface area contributed by atoms with Crippen LogP contribution in [0.25, 0.3) is 16.8 Å². The maximum atomic E-state index is 13.4. The van der Waals surface area contributed by atoms with Crippen molar-refractivity contribution in [2.75, 3.05) is 25.1 Å². The van der Waals surface area contributed by atoms with E-state index in [1.165, 1.54) is 0 Å². The summed E-state index contributed by atoms with van der Waals surface area (Å²) in [5.41, 5.74) is 2.67. The number of hydrogen-bond acceptors (Lipinski definition) is 6. The fourth-order valence-corrected chi connectivity index (χ4v) is 4.75. The Kier molecular flexibility index (Phi) is 6.17. The number of nitrogens with one attached hydrogen (secondary N) is 1. The molecule has 4 aromatic rings. The third kappa shape index (κ3) is 4.35. The van der Waals surface area contributed by atoms with Gasteiger partial charge in [-0.25, -0.2) is 4.98 Å². The van der Waals surface area contributed by atoms with Crippen LogP contribution in [0.3, 0.4) is 0 Å². The van der Waals surface area contributed by atoms with Crippen LogP contribution in [-0.4, -0.2) is 51.8 Å². The van der Waals surface area contributed by atoms with Crippen LogP contribution in [0.5, 0.6) is 0 Å². The second kappa shape index (κ2) is 9.28. The highest BCUT2D eigenvalue weighted by molar-refractivity contribution is 6.33. The number of amides is 1. The van der Waals surface area contributed by atoms with E-state index in [2.05, 4.69) is 25.3 Å². The van der Waals surface area contributed by atoms with Gasteiger partial charge in [0.1, 0.15) is 11.4 Å². The summed E-state index contributed by atoms with van der Waals surface area (Å²) in [6.07, 6.45) is 6.07. The minimum atomic E-state index is -0.673. The molecule has 4 heterocycles. The molecule has 0 bridgehead atoms. The summed E-state index contributed by atoms with van der Waals surface area (Å²) in [5, 5.41) is 8.31. The van der Waals surface area contributed by atoms with E-state index < -0.39 is 5.54 Å². The number of fused-ring (bicyclic) bond motifs is 1. The van der Waals surface area contributed by atoms with Crippen molar-refractivity contribution in [3.05, 3.63) is 77.3 Å². The third-order valence-corrected chi connectivity index (χ3v) is 6.75. The Bertz CT molecular complexity index is 1370. The average molecular weight is 491 g/mol. The maximum absolute atomic E-state index is 13.4. The van der Waals surface area contributed by atoms with Crippen LogP contribution in [0, 0.1) is 0 Å². The van der Waals surface area contributed by atoms with Gasteiger partial charge in [0.25, 0.3) is 5.91 Å². The van der Waals surface area contributed by atoms with Gasteiger partial charge in [-0.1, -0.05) is 35.9 Å². The van der Waals surface area contributed by atoms with Gasteiger partial charge in [0, 0.05) is 48.7 Å². The smallest absolute Gasteiger partial charge is 0.257 e. The maximum Gasteiger partial charge on any atom is 0.257 e. The molecule has 1 aliphatic rings. The fourth-order valence-electron chi connectivity index (χ4n) is 4.51. The normalized spacial score (nSPS) is 16.1. The first kappa shape index (κ1) is 23.3. The minimum absolute atomic E-state index is 0.120. The summed E-state index contributed by atoms with van der Waals surface area (Å²) in [7, 11) is 1.73. The number of hydrogen-bond donors (Lipinski definition) is 1. The van der Waals surface area contributed by atoms with E-state index in [0.717, 1.165) is 35.6 Å². The summed E-state index contributed by atoms with van der Waals surface area (Å²) < 4.78 is 7.34. The zero-order chi connectivity index (χ0) is 24.6. The van der Waals surface area contributed by atoms with Gasteiger partial charge < -0.3 is 15.0 Å². The Balaban J connectivity index is 1.58. The predicted molar refractivity (Wildman–Crippen MR) is 136 cm³/mol. The van der Waals surface area contributed by atoms with E-state index in [1.54, 1.807) is 30.2 Å². The predicted octanol–water partition coefficient (Wildman–Crippen LogP) is 4.33. The van der Waals surface area contributed by atoms with E-state index in [4.69, 9.17) is 16.3 Å². The van der Waals surface area contributed by atoms with Crippen molar-refractivity contribution in [2.24, 2.45) is 0 Å². The van der Waals surface area contributed by atoms with Gasteiger partial charge in [-0.15, -0.1) is 0 Å². The molecule has 0 spiro atoms. The largest absolute Gasteiger partial charge is 0.380 e. The summed E-state index contributed by atoms with van der Waals surface area (Å²) in [4.78, 5) is 24.6. The molecule has 1 unspecified atom stereocenters. The first-order valence-corrected chi connectivity index (χ1v) is 11.9. The number of nitrogens with zero attached hydrogens (tertiary/aromatic N) is 5. The van der Waals surface area contributed by atoms with E-state index in [1.807, 2.05) is 56.3 Å². The van der Waals surface area contributed by atoms with Gasteiger partial charge in [0.15, 0.2) is 5.65 Å². The number of pyridine rings is 1. The molecule has 0 radical (unpaired) electrons. The highest BCUT2D eigenvalue weighted by Crippen LogP contribution is 2.37. The lowest BCUT2D eigenvalue weighted by molar-refractivity contribution is 0.0912. The second-order valence-electron chi connectivity index (χ2n) is 9.16. The molecule has 5 rings (SSSR count). The number of benzene rings is 1. The average Bonchev–Trinajstić information content (AvgIpc) is 3.51. The Morgan fingerprint density at radius 3 is 2.63 bits per heavy atom. The number of carbonyl (C=O) groups excluding carboxylic acids is 1. The van der Waals surface area contributed by atoms with Crippen LogP contribution >= 0.6 is 11.6 Å². The van der Waals surface area contributed by atoms with Crippen LogP contribution in [0.4, 0.5) is 5.82 Å². The summed E-state index contributed by atoms with van der Waals surface area (Å²) in [5.74, 6) is 0.571. The quantitative estimate of drug-likeness (QED) is 0.433. The lowest BCUT2D eigenvalue weighted by Gasteiger charge is -2.25. The first-order valence-electron chi connectivity index (χ1n) is 11.5. The van der Waals surface area contributed by atoms with Crippen molar-refractivity contribution in [3.63, 3.8) is 0 Å². The highest BCUT2D eigenvalue weighted by Gasteiger charge is 2.30. The zero-order valence-corrected chi connectivity index (χ0v) is 20.7. The molecule has 9 heteroatoms. The summed E-state index contributed by atoms with van der Waals surface area (Å²) in [6, 6.07) is 13.3. The Labute approximate surface area is 208 Å². The van der Waals surface area contributed by atoms with Crippen LogP contribution in [0.15, 0.2) is 61.1 Å². The van der Waals surface area contributed by atoms with Crippen molar-refractivity contribution in [1.82, 2.24) is 24.9 Å². The molecule has 1 saturated heterocycles. The van der Waals surface area contributed by atoms with E-state index >= 15 is 0 Å². The Morgan fingerprint density at radius 2 is 1.91 bits per heavy atom. The van der Waals surface area contributed by atoms with E-state index in [0.29, 0.717) is 22.8 Å². The number of halogens is 1. The summed E-state index contributed by atoms with van der Waals surface area (Å²) in [6.45, 7) is 5.34. The molecule has 35 heavy (non-hydrogen) atoms. The molecule has 1 amide bonds. The van der Waals surface area contributed by atoms with Crippen molar-refractivity contribution in [3.8, 4) is 11.1 Å². The molecule has 1 aromatic carbocycles. The number of aromatic nitrogens is 4. The zero-order valence-electron chi connectivity index (χ0n) is 19.9. The third-order valence-electron chi connectivity index (χ3n) is 6.42. The molecule has 8 nitrogen and oxygen atoms in total. The van der Waals surface area contributed by atoms with Gasteiger partial charge in [0.2, 0.25) is 0 Å². The SMILES string of the molecule is COC1CCN(c2c(-c3ccccc3Cl)cnc3c(C(=O)NC(C)(C)c4ccccn4)cnn23)C1. The van der Waals surface area contributed by atoms with Crippen LogP contribution in [-0.2, 0) is 10.3 Å². The van der Waals surface area contributed by atoms with Crippen LogP contribution in [0.2, 0.25) is 5.02 Å². The molecule has 1 atom stereocenters. The molecule has 0 aliphatic carbocycles. The number of rotatable bonds is 6. The molecular weight excluding hydrogens is 464 g/mol. The van der Waals surface area contributed by atoms with Crippen molar-refractivity contribution >= 4 is 29.0 Å².